The minimum Gasteiger partial charge on any atom is -0.458 e. The number of rotatable bonds is 11. The molecule has 0 spiro atoms. The maximum atomic E-state index is 12.6. The Morgan fingerprint density at radius 3 is 2.57 bits per heavy atom. The van der Waals surface area contributed by atoms with E-state index in [2.05, 4.69) is 27.4 Å². The molecule has 0 aromatic carbocycles. The second-order valence-electron chi connectivity index (χ2n) is 9.17. The fourth-order valence-electron chi connectivity index (χ4n) is 4.96. The number of unbranched alkanes of at least 4 members (excludes halogenated alkanes) is 6. The zero-order chi connectivity index (χ0) is 20.6. The third kappa shape index (κ3) is 5.81. The lowest BCUT2D eigenvalue weighted by Crippen LogP contribution is -2.45. The zero-order valence-corrected chi connectivity index (χ0v) is 18.3. The van der Waals surface area contributed by atoms with Crippen molar-refractivity contribution in [2.24, 2.45) is 17.3 Å². The Kier molecular flexibility index (Phi) is 8.98. The van der Waals surface area contributed by atoms with Gasteiger partial charge in [-0.05, 0) is 55.1 Å². The summed E-state index contributed by atoms with van der Waals surface area (Å²) in [5.74, 6) is 0.597. The minimum absolute atomic E-state index is 0.0239. The van der Waals surface area contributed by atoms with Gasteiger partial charge in [0.25, 0.3) is 0 Å². The predicted molar refractivity (Wildman–Crippen MR) is 115 cm³/mol. The lowest BCUT2D eigenvalue weighted by atomic mass is 9.57. The van der Waals surface area contributed by atoms with Crippen LogP contribution in [0.3, 0.4) is 0 Å². The number of ketones is 1. The van der Waals surface area contributed by atoms with E-state index in [9.17, 15) is 9.59 Å². The number of hydrogen-bond donors (Lipinski definition) is 0. The Labute approximate surface area is 172 Å². The molecule has 0 aromatic rings. The smallest absolute Gasteiger partial charge is 0.306 e. The molecule has 0 unspecified atom stereocenters. The number of hydrogen-bond acceptors (Lipinski definition) is 3. The van der Waals surface area contributed by atoms with E-state index in [4.69, 9.17) is 4.74 Å². The van der Waals surface area contributed by atoms with Crippen LogP contribution in [0, 0.1) is 17.3 Å². The summed E-state index contributed by atoms with van der Waals surface area (Å²) in [6.45, 7) is 10.5. The molecule has 0 bridgehead atoms. The summed E-state index contributed by atoms with van der Waals surface area (Å²) < 4.78 is 5.88. The van der Waals surface area contributed by atoms with Gasteiger partial charge < -0.3 is 4.74 Å². The Balaban J connectivity index is 1.89. The molecule has 3 nitrogen and oxygen atoms in total. The predicted octanol–water partition coefficient (Wildman–Crippen LogP) is 6.57. The first-order valence-corrected chi connectivity index (χ1v) is 11.5. The summed E-state index contributed by atoms with van der Waals surface area (Å²) in [5.41, 5.74) is 1.01. The van der Waals surface area contributed by atoms with Crippen molar-refractivity contribution in [2.45, 2.75) is 104 Å². The molecule has 0 N–H and O–H groups in total. The minimum atomic E-state index is -0.216. The number of ether oxygens (including phenoxy) is 1. The van der Waals surface area contributed by atoms with Crippen molar-refractivity contribution >= 4 is 11.8 Å². The molecule has 0 heterocycles. The number of carbonyl (C=O) groups is 2. The average molecular weight is 389 g/mol. The largest absolute Gasteiger partial charge is 0.458 e. The lowest BCUT2D eigenvalue weighted by Gasteiger charge is -2.49. The van der Waals surface area contributed by atoms with Crippen LogP contribution in [0.15, 0.2) is 24.3 Å². The van der Waals surface area contributed by atoms with Gasteiger partial charge in [0.05, 0.1) is 0 Å². The number of allylic oxidation sites excluding steroid dienone is 2. The molecule has 0 aliphatic heterocycles. The van der Waals surface area contributed by atoms with Crippen LogP contribution in [0.5, 0.6) is 0 Å². The van der Waals surface area contributed by atoms with E-state index < -0.39 is 0 Å². The molecular formula is C25H40O3. The van der Waals surface area contributed by atoms with E-state index in [0.29, 0.717) is 12.3 Å². The molecule has 2 aliphatic rings. The van der Waals surface area contributed by atoms with Crippen molar-refractivity contribution in [3.05, 3.63) is 24.3 Å². The second-order valence-corrected chi connectivity index (χ2v) is 9.17. The SMILES string of the molecule is C=CC[C@@H]1C[C@@]2(C)C(=CC1=O)[C@H](OC(=O)CCCCCCCCC)CC[C@@H]2C. The van der Waals surface area contributed by atoms with Crippen molar-refractivity contribution in [3.63, 3.8) is 0 Å². The normalized spacial score (nSPS) is 29.8. The van der Waals surface area contributed by atoms with Gasteiger partial charge in [-0.15, -0.1) is 6.58 Å². The van der Waals surface area contributed by atoms with E-state index in [-0.39, 0.29) is 29.2 Å². The number of carbonyl (C=O) groups excluding carboxylic acids is 2. The van der Waals surface area contributed by atoms with Gasteiger partial charge in [0.1, 0.15) is 6.10 Å². The first-order chi connectivity index (χ1) is 13.4. The van der Waals surface area contributed by atoms with Crippen molar-refractivity contribution in [3.8, 4) is 0 Å². The van der Waals surface area contributed by atoms with Gasteiger partial charge in [0.15, 0.2) is 5.78 Å². The van der Waals surface area contributed by atoms with Crippen molar-refractivity contribution in [1.29, 1.82) is 0 Å². The van der Waals surface area contributed by atoms with E-state index in [1.807, 2.05) is 6.08 Å². The molecule has 0 saturated heterocycles. The molecule has 4 atom stereocenters. The first kappa shape index (κ1) is 22.9. The maximum absolute atomic E-state index is 12.6. The highest BCUT2D eigenvalue weighted by molar-refractivity contribution is 5.94. The van der Waals surface area contributed by atoms with Crippen molar-refractivity contribution in [2.75, 3.05) is 0 Å². The fourth-order valence-corrected chi connectivity index (χ4v) is 4.96. The zero-order valence-electron chi connectivity index (χ0n) is 18.3. The standard InChI is InChI=1S/C25H40O3/c1-5-7-8-9-10-11-12-14-24(27)28-23-16-15-19(3)25(4)18-20(13-6-2)22(26)17-21(23)25/h6,17,19-20,23H,2,5,7-16,18H2,1,3-4H3/t19-,20+,23+,25+/m0/s1. The van der Waals surface area contributed by atoms with Crippen LogP contribution in [0.4, 0.5) is 0 Å². The van der Waals surface area contributed by atoms with Gasteiger partial charge in [0.2, 0.25) is 0 Å². The van der Waals surface area contributed by atoms with Crippen LogP contribution in [-0.4, -0.2) is 17.9 Å². The number of fused-ring (bicyclic) bond motifs is 1. The molecule has 158 valence electrons. The van der Waals surface area contributed by atoms with Crippen LogP contribution in [0.25, 0.3) is 0 Å². The van der Waals surface area contributed by atoms with Gasteiger partial charge in [0, 0.05) is 12.3 Å². The Morgan fingerprint density at radius 1 is 1.21 bits per heavy atom. The molecule has 2 aliphatic carbocycles. The highest BCUT2D eigenvalue weighted by atomic mass is 16.5. The van der Waals surface area contributed by atoms with E-state index in [1.165, 1.54) is 32.1 Å². The highest BCUT2D eigenvalue weighted by Gasteiger charge is 2.48. The highest BCUT2D eigenvalue weighted by Crippen LogP contribution is 2.52. The molecule has 3 heteroatoms. The van der Waals surface area contributed by atoms with Crippen molar-refractivity contribution in [1.82, 2.24) is 0 Å². The van der Waals surface area contributed by atoms with Crippen molar-refractivity contribution < 1.29 is 14.3 Å². The summed E-state index contributed by atoms with van der Waals surface area (Å²) in [5, 5.41) is 0. The Hall–Kier alpha value is -1.38. The molecule has 1 saturated carbocycles. The van der Waals surface area contributed by atoms with Gasteiger partial charge in [-0.1, -0.05) is 65.4 Å². The molecule has 28 heavy (non-hydrogen) atoms. The summed E-state index contributed by atoms with van der Waals surface area (Å²) in [4.78, 5) is 25.0. The van der Waals surface area contributed by atoms with E-state index >= 15 is 0 Å². The van der Waals surface area contributed by atoms with E-state index in [0.717, 1.165) is 44.1 Å². The van der Waals surface area contributed by atoms with Crippen LogP contribution in [-0.2, 0) is 14.3 Å². The third-order valence-corrected chi connectivity index (χ3v) is 7.04. The Bertz CT molecular complexity index is 576. The van der Waals surface area contributed by atoms with Crippen LogP contribution < -0.4 is 0 Å². The number of esters is 1. The molecular weight excluding hydrogens is 348 g/mol. The monoisotopic (exact) mass is 388 g/mol. The summed E-state index contributed by atoms with van der Waals surface area (Å²) in [7, 11) is 0. The molecule has 1 fully saturated rings. The second kappa shape index (κ2) is 11.0. The molecule has 0 amide bonds. The molecule has 0 radical (unpaired) electrons. The Morgan fingerprint density at radius 2 is 1.89 bits per heavy atom. The molecule has 2 rings (SSSR count). The van der Waals surface area contributed by atoms with E-state index in [1.54, 1.807) is 6.08 Å². The quantitative estimate of drug-likeness (QED) is 0.228. The average Bonchev–Trinajstić information content (AvgIpc) is 2.66. The maximum Gasteiger partial charge on any atom is 0.306 e. The molecule has 0 aromatic heterocycles. The first-order valence-electron chi connectivity index (χ1n) is 11.5. The van der Waals surface area contributed by atoms with Crippen LogP contribution >= 0.6 is 0 Å². The fraction of sp³-hybridized carbons (Fsp3) is 0.760. The van der Waals surface area contributed by atoms with Gasteiger partial charge in [-0.25, -0.2) is 0 Å². The van der Waals surface area contributed by atoms with Gasteiger partial charge in [-0.3, -0.25) is 9.59 Å². The van der Waals surface area contributed by atoms with Gasteiger partial charge in [-0.2, -0.15) is 0 Å². The lowest BCUT2D eigenvalue weighted by molar-refractivity contribution is -0.150. The van der Waals surface area contributed by atoms with Gasteiger partial charge >= 0.3 is 5.97 Å². The van der Waals surface area contributed by atoms with Crippen LogP contribution in [0.1, 0.15) is 97.8 Å². The van der Waals surface area contributed by atoms with Crippen LogP contribution in [0.2, 0.25) is 0 Å². The topological polar surface area (TPSA) is 43.4 Å². The summed E-state index contributed by atoms with van der Waals surface area (Å²) in [6.07, 6.45) is 15.7. The summed E-state index contributed by atoms with van der Waals surface area (Å²) >= 11 is 0. The third-order valence-electron chi connectivity index (χ3n) is 7.04. The summed E-state index contributed by atoms with van der Waals surface area (Å²) in [6, 6.07) is 0.